The molecule has 4 heteroatoms. The molecule has 1 saturated heterocycles. The highest BCUT2D eigenvalue weighted by Gasteiger charge is 2.21. The van der Waals surface area contributed by atoms with E-state index in [-0.39, 0.29) is 24.5 Å². The van der Waals surface area contributed by atoms with Gasteiger partial charge in [0.1, 0.15) is 0 Å². The fourth-order valence-electron chi connectivity index (χ4n) is 1.37. The third-order valence-corrected chi connectivity index (χ3v) is 2.31. The summed E-state index contributed by atoms with van der Waals surface area (Å²) in [5, 5.41) is 14.7. The fourth-order valence-corrected chi connectivity index (χ4v) is 1.37. The molecule has 76 valence electrons. The lowest BCUT2D eigenvalue weighted by atomic mass is 10.2. The quantitative estimate of drug-likeness (QED) is 0.554. The maximum atomic E-state index is 11.4. The molecule has 0 saturated carbocycles. The molecule has 0 spiro atoms. The molecule has 1 amide bonds. The van der Waals surface area contributed by atoms with Crippen LogP contribution in [0.1, 0.15) is 19.8 Å². The molecule has 0 aliphatic carbocycles. The first-order valence-corrected chi connectivity index (χ1v) is 4.86. The van der Waals surface area contributed by atoms with Crippen molar-refractivity contribution in [3.63, 3.8) is 0 Å². The van der Waals surface area contributed by atoms with Crippen LogP contribution in [0, 0.1) is 5.92 Å². The van der Waals surface area contributed by atoms with Crippen molar-refractivity contribution >= 4 is 5.91 Å². The minimum Gasteiger partial charge on any atom is -0.396 e. The number of rotatable bonds is 4. The molecule has 4 nitrogen and oxygen atoms in total. The summed E-state index contributed by atoms with van der Waals surface area (Å²) >= 11 is 0. The first-order chi connectivity index (χ1) is 6.24. The van der Waals surface area contributed by atoms with Crippen molar-refractivity contribution in [1.29, 1.82) is 0 Å². The molecule has 13 heavy (non-hydrogen) atoms. The van der Waals surface area contributed by atoms with Gasteiger partial charge >= 0.3 is 0 Å². The van der Waals surface area contributed by atoms with Crippen LogP contribution in [0.5, 0.6) is 0 Å². The molecule has 3 N–H and O–H groups in total. The zero-order chi connectivity index (χ0) is 9.68. The van der Waals surface area contributed by atoms with Gasteiger partial charge in [-0.2, -0.15) is 0 Å². The molecule has 1 aliphatic rings. The number of hydrogen-bond acceptors (Lipinski definition) is 3. The molecule has 2 atom stereocenters. The minimum atomic E-state index is -0.00843. The number of carbonyl (C=O) groups is 1. The van der Waals surface area contributed by atoms with Crippen LogP contribution in [0.2, 0.25) is 0 Å². The molecule has 1 aliphatic heterocycles. The Morgan fingerprint density at radius 2 is 2.54 bits per heavy atom. The molecular weight excluding hydrogens is 168 g/mol. The Hall–Kier alpha value is -0.610. The van der Waals surface area contributed by atoms with Gasteiger partial charge in [0.25, 0.3) is 0 Å². The van der Waals surface area contributed by atoms with E-state index in [1.54, 1.807) is 0 Å². The molecule has 2 unspecified atom stereocenters. The summed E-state index contributed by atoms with van der Waals surface area (Å²) in [7, 11) is 0. The van der Waals surface area contributed by atoms with Crippen LogP contribution in [0.25, 0.3) is 0 Å². The van der Waals surface area contributed by atoms with Crippen molar-refractivity contribution in [2.45, 2.75) is 25.8 Å². The van der Waals surface area contributed by atoms with Crippen molar-refractivity contribution in [2.75, 3.05) is 19.7 Å². The molecule has 0 aromatic heterocycles. The number of carbonyl (C=O) groups excluding carboxylic acids is 1. The topological polar surface area (TPSA) is 61.4 Å². The third kappa shape index (κ3) is 3.32. The normalized spacial score (nSPS) is 24.3. The first kappa shape index (κ1) is 10.5. The van der Waals surface area contributed by atoms with Gasteiger partial charge in [-0.3, -0.25) is 4.79 Å². The van der Waals surface area contributed by atoms with E-state index in [0.29, 0.717) is 6.54 Å². The van der Waals surface area contributed by atoms with Gasteiger partial charge in [-0.1, -0.05) is 6.92 Å². The van der Waals surface area contributed by atoms with Gasteiger partial charge in [-0.05, 0) is 25.3 Å². The average molecular weight is 186 g/mol. The van der Waals surface area contributed by atoms with Gasteiger partial charge in [0, 0.05) is 13.2 Å². The van der Waals surface area contributed by atoms with Crippen molar-refractivity contribution in [1.82, 2.24) is 10.6 Å². The van der Waals surface area contributed by atoms with E-state index < -0.39 is 0 Å². The van der Waals surface area contributed by atoms with Crippen LogP contribution >= 0.6 is 0 Å². The second-order valence-electron chi connectivity index (χ2n) is 3.68. The maximum absolute atomic E-state index is 11.4. The third-order valence-electron chi connectivity index (χ3n) is 2.31. The smallest absolute Gasteiger partial charge is 0.237 e. The van der Waals surface area contributed by atoms with E-state index in [9.17, 15) is 4.79 Å². The molecule has 1 fully saturated rings. The number of amides is 1. The Bertz CT molecular complexity index is 167. The Kier molecular flexibility index (Phi) is 4.18. The van der Waals surface area contributed by atoms with E-state index >= 15 is 0 Å². The Labute approximate surface area is 78.7 Å². The highest BCUT2D eigenvalue weighted by molar-refractivity contribution is 5.81. The van der Waals surface area contributed by atoms with E-state index in [0.717, 1.165) is 19.4 Å². The molecule has 0 aromatic rings. The fraction of sp³-hybridized carbons (Fsp3) is 0.889. The highest BCUT2D eigenvalue weighted by atomic mass is 16.3. The Morgan fingerprint density at radius 1 is 1.77 bits per heavy atom. The van der Waals surface area contributed by atoms with Gasteiger partial charge in [-0.15, -0.1) is 0 Å². The Balaban J connectivity index is 2.16. The molecule has 1 rings (SSSR count). The highest BCUT2D eigenvalue weighted by Crippen LogP contribution is 2.04. The van der Waals surface area contributed by atoms with E-state index in [2.05, 4.69) is 10.6 Å². The van der Waals surface area contributed by atoms with Gasteiger partial charge < -0.3 is 15.7 Å². The molecule has 1 heterocycles. The summed E-state index contributed by atoms with van der Waals surface area (Å²) in [4.78, 5) is 11.4. The van der Waals surface area contributed by atoms with E-state index in [1.165, 1.54) is 0 Å². The van der Waals surface area contributed by atoms with Crippen LogP contribution in [0.3, 0.4) is 0 Å². The lowest BCUT2D eigenvalue weighted by Gasteiger charge is -2.13. The van der Waals surface area contributed by atoms with E-state index in [4.69, 9.17) is 5.11 Å². The number of nitrogens with one attached hydrogen (secondary N) is 2. The largest absolute Gasteiger partial charge is 0.396 e. The average Bonchev–Trinajstić information content (AvgIpc) is 2.66. The first-order valence-electron chi connectivity index (χ1n) is 4.86. The van der Waals surface area contributed by atoms with Crippen LogP contribution in [-0.2, 0) is 4.79 Å². The summed E-state index contributed by atoms with van der Waals surface area (Å²) < 4.78 is 0. The summed E-state index contributed by atoms with van der Waals surface area (Å²) in [6.45, 7) is 3.53. The summed E-state index contributed by atoms with van der Waals surface area (Å²) in [6.07, 6.45) is 2.01. The summed E-state index contributed by atoms with van der Waals surface area (Å²) in [6, 6.07) is -0.00843. The van der Waals surface area contributed by atoms with E-state index in [1.807, 2.05) is 6.92 Å². The molecular formula is C9H18N2O2. The zero-order valence-corrected chi connectivity index (χ0v) is 8.05. The second-order valence-corrected chi connectivity index (χ2v) is 3.68. The molecule has 0 aromatic carbocycles. The standard InChI is InChI=1S/C9H18N2O2/c1-7(6-12)5-11-9(13)8-3-2-4-10-8/h7-8,10,12H,2-6H2,1H3,(H,11,13). The van der Waals surface area contributed by atoms with Crippen molar-refractivity contribution in [3.05, 3.63) is 0 Å². The number of hydrogen-bond donors (Lipinski definition) is 3. The summed E-state index contributed by atoms with van der Waals surface area (Å²) in [5.74, 6) is 0.211. The molecule has 0 radical (unpaired) electrons. The number of aliphatic hydroxyl groups is 1. The second kappa shape index (κ2) is 5.19. The van der Waals surface area contributed by atoms with Gasteiger partial charge in [-0.25, -0.2) is 0 Å². The van der Waals surface area contributed by atoms with Crippen molar-refractivity contribution in [3.8, 4) is 0 Å². The monoisotopic (exact) mass is 186 g/mol. The van der Waals surface area contributed by atoms with Gasteiger partial charge in [0.15, 0.2) is 0 Å². The van der Waals surface area contributed by atoms with Gasteiger partial charge in [0.05, 0.1) is 6.04 Å². The predicted molar refractivity (Wildman–Crippen MR) is 50.3 cm³/mol. The molecule has 0 bridgehead atoms. The maximum Gasteiger partial charge on any atom is 0.237 e. The van der Waals surface area contributed by atoms with Gasteiger partial charge in [0.2, 0.25) is 5.91 Å². The van der Waals surface area contributed by atoms with Crippen LogP contribution < -0.4 is 10.6 Å². The minimum absolute atomic E-state index is 0.00843. The van der Waals surface area contributed by atoms with Crippen molar-refractivity contribution in [2.24, 2.45) is 5.92 Å². The lowest BCUT2D eigenvalue weighted by molar-refractivity contribution is -0.123. The van der Waals surface area contributed by atoms with Crippen LogP contribution in [-0.4, -0.2) is 36.8 Å². The Morgan fingerprint density at radius 3 is 3.08 bits per heavy atom. The number of aliphatic hydroxyl groups excluding tert-OH is 1. The van der Waals surface area contributed by atoms with Crippen LogP contribution in [0.15, 0.2) is 0 Å². The summed E-state index contributed by atoms with van der Waals surface area (Å²) in [5.41, 5.74) is 0. The lowest BCUT2D eigenvalue weighted by Crippen LogP contribution is -2.42. The van der Waals surface area contributed by atoms with Crippen LogP contribution in [0.4, 0.5) is 0 Å². The zero-order valence-electron chi connectivity index (χ0n) is 8.05. The van der Waals surface area contributed by atoms with Crippen molar-refractivity contribution < 1.29 is 9.90 Å². The predicted octanol–water partition coefficient (Wildman–Crippen LogP) is -0.517. The SMILES string of the molecule is CC(CO)CNC(=O)C1CCCN1.